The number of piperidine rings is 1. The number of sulfonamides is 1. The standard InChI is InChI=1S/C13H18ClFN2O2S/c1-9-4-5-17(11(6-9)8-16)20(18,19)13-3-2-10(14)7-12(13)15/h2-3,7,9,11H,4-6,8,16H2,1H3. The van der Waals surface area contributed by atoms with E-state index in [0.29, 0.717) is 18.9 Å². The van der Waals surface area contributed by atoms with E-state index in [1.807, 2.05) is 0 Å². The van der Waals surface area contributed by atoms with Gasteiger partial charge in [0.25, 0.3) is 0 Å². The molecule has 0 radical (unpaired) electrons. The van der Waals surface area contributed by atoms with Gasteiger partial charge in [0.05, 0.1) is 0 Å². The quantitative estimate of drug-likeness (QED) is 0.929. The molecule has 0 bridgehead atoms. The Kier molecular flexibility index (Phi) is 4.69. The van der Waals surface area contributed by atoms with Crippen molar-refractivity contribution in [1.82, 2.24) is 4.31 Å². The Morgan fingerprint density at radius 3 is 2.80 bits per heavy atom. The minimum absolute atomic E-state index is 0.170. The molecule has 1 saturated heterocycles. The lowest BCUT2D eigenvalue weighted by Gasteiger charge is -2.36. The SMILES string of the molecule is CC1CCN(S(=O)(=O)c2ccc(Cl)cc2F)C(CN)C1. The van der Waals surface area contributed by atoms with Crippen molar-refractivity contribution in [3.05, 3.63) is 29.0 Å². The van der Waals surface area contributed by atoms with Crippen molar-refractivity contribution in [1.29, 1.82) is 0 Å². The molecule has 0 saturated carbocycles. The number of halogens is 2. The minimum Gasteiger partial charge on any atom is -0.329 e. The third-order valence-electron chi connectivity index (χ3n) is 3.68. The average Bonchev–Trinajstić information content (AvgIpc) is 2.37. The van der Waals surface area contributed by atoms with E-state index in [1.165, 1.54) is 16.4 Å². The Hall–Kier alpha value is -0.690. The lowest BCUT2D eigenvalue weighted by molar-refractivity contribution is 0.210. The fourth-order valence-corrected chi connectivity index (χ4v) is 4.44. The first kappa shape index (κ1) is 15.7. The van der Waals surface area contributed by atoms with E-state index in [0.717, 1.165) is 12.5 Å². The first-order valence-electron chi connectivity index (χ1n) is 6.53. The van der Waals surface area contributed by atoms with Crippen molar-refractivity contribution >= 4 is 21.6 Å². The van der Waals surface area contributed by atoms with E-state index in [9.17, 15) is 12.8 Å². The van der Waals surface area contributed by atoms with Gasteiger partial charge in [-0.15, -0.1) is 0 Å². The van der Waals surface area contributed by atoms with E-state index in [-0.39, 0.29) is 22.5 Å². The number of hydrogen-bond acceptors (Lipinski definition) is 3. The zero-order chi connectivity index (χ0) is 14.9. The molecule has 1 aliphatic heterocycles. The van der Waals surface area contributed by atoms with Crippen molar-refractivity contribution in [3.63, 3.8) is 0 Å². The fourth-order valence-electron chi connectivity index (χ4n) is 2.57. The van der Waals surface area contributed by atoms with Crippen molar-refractivity contribution in [2.75, 3.05) is 13.1 Å². The average molecular weight is 321 g/mol. The summed E-state index contributed by atoms with van der Waals surface area (Å²) in [6, 6.07) is 3.32. The third-order valence-corrected chi connectivity index (χ3v) is 5.90. The van der Waals surface area contributed by atoms with Gasteiger partial charge in [-0.1, -0.05) is 18.5 Å². The Bertz CT molecular complexity index is 594. The van der Waals surface area contributed by atoms with Crippen LogP contribution >= 0.6 is 11.6 Å². The number of rotatable bonds is 3. The minimum atomic E-state index is -3.87. The zero-order valence-corrected chi connectivity index (χ0v) is 12.8. The fraction of sp³-hybridized carbons (Fsp3) is 0.538. The van der Waals surface area contributed by atoms with Gasteiger partial charge in [-0.05, 0) is 37.0 Å². The molecule has 20 heavy (non-hydrogen) atoms. The monoisotopic (exact) mass is 320 g/mol. The van der Waals surface area contributed by atoms with Crippen LogP contribution < -0.4 is 5.73 Å². The lowest BCUT2D eigenvalue weighted by atomic mass is 9.94. The van der Waals surface area contributed by atoms with Crippen LogP contribution in [0.3, 0.4) is 0 Å². The highest BCUT2D eigenvalue weighted by atomic mass is 35.5. The lowest BCUT2D eigenvalue weighted by Crippen LogP contribution is -2.49. The first-order valence-corrected chi connectivity index (χ1v) is 8.35. The van der Waals surface area contributed by atoms with E-state index >= 15 is 0 Å². The maximum Gasteiger partial charge on any atom is 0.246 e. The molecule has 1 aromatic carbocycles. The van der Waals surface area contributed by atoms with Gasteiger partial charge >= 0.3 is 0 Å². The topological polar surface area (TPSA) is 63.4 Å². The second kappa shape index (κ2) is 5.97. The molecule has 1 aliphatic rings. The van der Waals surface area contributed by atoms with Crippen LogP contribution in [0.4, 0.5) is 4.39 Å². The van der Waals surface area contributed by atoms with Crippen molar-refractivity contribution in [2.24, 2.45) is 11.7 Å². The van der Waals surface area contributed by atoms with Crippen molar-refractivity contribution < 1.29 is 12.8 Å². The molecule has 7 heteroatoms. The zero-order valence-electron chi connectivity index (χ0n) is 11.2. The first-order chi connectivity index (χ1) is 9.36. The molecule has 0 amide bonds. The van der Waals surface area contributed by atoms with Crippen LogP contribution in [0.25, 0.3) is 0 Å². The maximum absolute atomic E-state index is 13.9. The predicted molar refractivity (Wildman–Crippen MR) is 76.5 cm³/mol. The second-order valence-electron chi connectivity index (χ2n) is 5.21. The van der Waals surface area contributed by atoms with Gasteiger partial charge in [-0.2, -0.15) is 4.31 Å². The van der Waals surface area contributed by atoms with Crippen LogP contribution in [0.2, 0.25) is 5.02 Å². The van der Waals surface area contributed by atoms with Gasteiger partial charge in [-0.25, -0.2) is 12.8 Å². The molecule has 112 valence electrons. The van der Waals surface area contributed by atoms with E-state index in [4.69, 9.17) is 17.3 Å². The molecule has 0 aliphatic carbocycles. The molecule has 4 nitrogen and oxygen atoms in total. The molecule has 2 unspecified atom stereocenters. The Balaban J connectivity index is 2.38. The van der Waals surface area contributed by atoms with Crippen LogP contribution in [-0.4, -0.2) is 31.9 Å². The van der Waals surface area contributed by atoms with Crippen molar-refractivity contribution in [2.45, 2.75) is 30.7 Å². The molecule has 0 spiro atoms. The van der Waals surface area contributed by atoms with Gasteiger partial charge in [0.15, 0.2) is 0 Å². The highest BCUT2D eigenvalue weighted by Gasteiger charge is 2.36. The van der Waals surface area contributed by atoms with E-state index in [2.05, 4.69) is 6.92 Å². The summed E-state index contributed by atoms with van der Waals surface area (Å²) in [5.74, 6) is -0.406. The summed E-state index contributed by atoms with van der Waals surface area (Å²) in [6.45, 7) is 2.67. The van der Waals surface area contributed by atoms with Crippen molar-refractivity contribution in [3.8, 4) is 0 Å². The summed E-state index contributed by atoms with van der Waals surface area (Å²) in [5.41, 5.74) is 5.67. The number of nitrogens with two attached hydrogens (primary N) is 1. The van der Waals surface area contributed by atoms with Crippen LogP contribution in [0.15, 0.2) is 23.1 Å². The summed E-state index contributed by atoms with van der Waals surface area (Å²) in [7, 11) is -3.87. The Morgan fingerprint density at radius 2 is 2.20 bits per heavy atom. The molecule has 1 aromatic rings. The maximum atomic E-state index is 13.9. The second-order valence-corrected chi connectivity index (χ2v) is 7.50. The molecular formula is C13H18ClFN2O2S. The van der Waals surface area contributed by atoms with Crippen LogP contribution in [-0.2, 0) is 10.0 Å². The highest BCUT2D eigenvalue weighted by molar-refractivity contribution is 7.89. The molecule has 1 heterocycles. The smallest absolute Gasteiger partial charge is 0.246 e. The number of benzene rings is 1. The molecule has 0 aromatic heterocycles. The largest absolute Gasteiger partial charge is 0.329 e. The third kappa shape index (κ3) is 2.98. The highest BCUT2D eigenvalue weighted by Crippen LogP contribution is 2.29. The van der Waals surface area contributed by atoms with Crippen LogP contribution in [0, 0.1) is 11.7 Å². The van der Waals surface area contributed by atoms with E-state index in [1.54, 1.807) is 0 Å². The van der Waals surface area contributed by atoms with Crippen LogP contribution in [0.1, 0.15) is 19.8 Å². The summed E-state index contributed by atoms with van der Waals surface area (Å²) >= 11 is 5.66. The van der Waals surface area contributed by atoms with E-state index < -0.39 is 15.8 Å². The Labute approximate surface area is 123 Å². The van der Waals surface area contributed by atoms with Gasteiger partial charge in [0.2, 0.25) is 10.0 Å². The van der Waals surface area contributed by atoms with Gasteiger partial charge in [-0.3, -0.25) is 0 Å². The molecule has 2 N–H and O–H groups in total. The van der Waals surface area contributed by atoms with Gasteiger partial charge in [0.1, 0.15) is 10.7 Å². The Morgan fingerprint density at radius 1 is 1.50 bits per heavy atom. The molecular weight excluding hydrogens is 303 g/mol. The van der Waals surface area contributed by atoms with Gasteiger partial charge < -0.3 is 5.73 Å². The summed E-state index contributed by atoms with van der Waals surface area (Å²) in [4.78, 5) is -0.338. The number of nitrogens with zero attached hydrogens (tertiary/aromatic N) is 1. The summed E-state index contributed by atoms with van der Waals surface area (Å²) in [5, 5.41) is 0.170. The summed E-state index contributed by atoms with van der Waals surface area (Å²) < 4.78 is 40.4. The molecule has 2 rings (SSSR count). The molecule has 2 atom stereocenters. The summed E-state index contributed by atoms with van der Waals surface area (Å²) in [6.07, 6.45) is 1.45. The predicted octanol–water partition coefficient (Wildman–Crippen LogP) is 2.23. The van der Waals surface area contributed by atoms with Gasteiger partial charge in [0, 0.05) is 24.2 Å². The normalized spacial score (nSPS) is 24.8. The number of hydrogen-bond donors (Lipinski definition) is 1. The van der Waals surface area contributed by atoms with Crippen LogP contribution in [0.5, 0.6) is 0 Å². The molecule has 1 fully saturated rings.